The van der Waals surface area contributed by atoms with Gasteiger partial charge in [-0.3, -0.25) is 0 Å². The van der Waals surface area contributed by atoms with E-state index in [0.717, 1.165) is 38.1 Å². The second kappa shape index (κ2) is 9.88. The van der Waals surface area contributed by atoms with E-state index >= 15 is 0 Å². The summed E-state index contributed by atoms with van der Waals surface area (Å²) in [7, 11) is 0. The largest absolute Gasteiger partial charge is 0.370 e. The zero-order valence-corrected chi connectivity index (χ0v) is 13.1. The molecule has 0 radical (unpaired) electrons. The summed E-state index contributed by atoms with van der Waals surface area (Å²) in [6.45, 7) is 7.67. The molecule has 1 aromatic rings. The number of nitrogens with two attached hydrogens (primary N) is 1. The lowest BCUT2D eigenvalue weighted by molar-refractivity contribution is 0.0518. The lowest BCUT2D eigenvalue weighted by Crippen LogP contribution is -2.10. The number of aryl methyl sites for hydroxylation is 1. The molecule has 0 amide bonds. The smallest absolute Gasteiger partial charge is 0.226 e. The standard InChI is InChI=1S/C15H29N3O2/c1-4-7-12(10-11-16)8-9-14-17-15(18-20-14)13(5-2)19-6-3/h12-13H,4-11,16H2,1-3H3. The SMILES string of the molecule is CCCC(CCN)CCc1nc(C(CC)OCC)no1. The minimum Gasteiger partial charge on any atom is -0.370 e. The Kier molecular flexibility index (Phi) is 8.46. The maximum absolute atomic E-state index is 5.66. The van der Waals surface area contributed by atoms with Gasteiger partial charge in [0.25, 0.3) is 0 Å². The molecule has 0 aliphatic rings. The summed E-state index contributed by atoms with van der Waals surface area (Å²) in [6, 6.07) is 0. The summed E-state index contributed by atoms with van der Waals surface area (Å²) in [5.74, 6) is 2.06. The Morgan fingerprint density at radius 1 is 1.20 bits per heavy atom. The summed E-state index contributed by atoms with van der Waals surface area (Å²) < 4.78 is 10.9. The number of aromatic nitrogens is 2. The van der Waals surface area contributed by atoms with E-state index in [1.807, 2.05) is 6.92 Å². The minimum atomic E-state index is -0.0482. The van der Waals surface area contributed by atoms with E-state index in [1.165, 1.54) is 12.8 Å². The van der Waals surface area contributed by atoms with Crippen LogP contribution < -0.4 is 5.73 Å². The zero-order chi connectivity index (χ0) is 14.8. The van der Waals surface area contributed by atoms with E-state index in [0.29, 0.717) is 18.3 Å². The van der Waals surface area contributed by atoms with Crippen LogP contribution in [0.4, 0.5) is 0 Å². The molecule has 0 aliphatic carbocycles. The average Bonchev–Trinajstić information content (AvgIpc) is 2.91. The molecule has 0 saturated heterocycles. The predicted molar refractivity (Wildman–Crippen MR) is 79.3 cm³/mol. The van der Waals surface area contributed by atoms with Crippen molar-refractivity contribution in [2.24, 2.45) is 11.7 Å². The number of nitrogens with zero attached hydrogens (tertiary/aromatic N) is 2. The highest BCUT2D eigenvalue weighted by Gasteiger charge is 2.17. The first-order valence-electron chi connectivity index (χ1n) is 7.89. The molecule has 0 fully saturated rings. The maximum atomic E-state index is 5.66. The van der Waals surface area contributed by atoms with Gasteiger partial charge in [0.05, 0.1) is 0 Å². The van der Waals surface area contributed by atoms with Crippen LogP contribution in [0.15, 0.2) is 4.52 Å². The lowest BCUT2D eigenvalue weighted by atomic mass is 9.94. The molecule has 0 bridgehead atoms. The van der Waals surface area contributed by atoms with Gasteiger partial charge in [0, 0.05) is 13.0 Å². The van der Waals surface area contributed by atoms with Crippen molar-refractivity contribution in [1.82, 2.24) is 10.1 Å². The quantitative estimate of drug-likeness (QED) is 0.674. The van der Waals surface area contributed by atoms with E-state index in [9.17, 15) is 0 Å². The molecule has 2 N–H and O–H groups in total. The molecule has 0 spiro atoms. The average molecular weight is 283 g/mol. The highest BCUT2D eigenvalue weighted by atomic mass is 16.5. The summed E-state index contributed by atoms with van der Waals surface area (Å²) in [5, 5.41) is 4.04. The molecule has 116 valence electrons. The second-order valence-corrected chi connectivity index (χ2v) is 5.17. The van der Waals surface area contributed by atoms with Crippen LogP contribution >= 0.6 is 0 Å². The monoisotopic (exact) mass is 283 g/mol. The van der Waals surface area contributed by atoms with Crippen LogP contribution in [0.2, 0.25) is 0 Å². The van der Waals surface area contributed by atoms with Crippen molar-refractivity contribution < 1.29 is 9.26 Å². The van der Waals surface area contributed by atoms with Crippen LogP contribution in [0, 0.1) is 5.92 Å². The molecule has 2 unspecified atom stereocenters. The van der Waals surface area contributed by atoms with Crippen molar-refractivity contribution in [3.05, 3.63) is 11.7 Å². The molecule has 1 heterocycles. The predicted octanol–water partition coefficient (Wildman–Crippen LogP) is 3.25. The summed E-state index contributed by atoms with van der Waals surface area (Å²) in [4.78, 5) is 4.46. The Morgan fingerprint density at radius 3 is 2.60 bits per heavy atom. The van der Waals surface area contributed by atoms with Crippen molar-refractivity contribution in [3.63, 3.8) is 0 Å². The molecule has 0 aromatic carbocycles. The van der Waals surface area contributed by atoms with Gasteiger partial charge in [0.15, 0.2) is 0 Å². The number of hydrogen-bond acceptors (Lipinski definition) is 5. The fraction of sp³-hybridized carbons (Fsp3) is 0.867. The van der Waals surface area contributed by atoms with Crippen LogP contribution in [0.1, 0.15) is 70.7 Å². The van der Waals surface area contributed by atoms with E-state index < -0.39 is 0 Å². The number of ether oxygens (including phenoxy) is 1. The van der Waals surface area contributed by atoms with Crippen molar-refractivity contribution in [2.45, 2.75) is 65.4 Å². The molecule has 2 atom stereocenters. The van der Waals surface area contributed by atoms with E-state index in [1.54, 1.807) is 0 Å². The summed E-state index contributed by atoms with van der Waals surface area (Å²) >= 11 is 0. The fourth-order valence-corrected chi connectivity index (χ4v) is 2.48. The third-order valence-electron chi connectivity index (χ3n) is 3.55. The van der Waals surface area contributed by atoms with Crippen LogP contribution in [-0.4, -0.2) is 23.3 Å². The van der Waals surface area contributed by atoms with Crippen LogP contribution in [0.3, 0.4) is 0 Å². The normalized spacial score (nSPS) is 14.4. The molecule has 20 heavy (non-hydrogen) atoms. The summed E-state index contributed by atoms with van der Waals surface area (Å²) in [6.07, 6.45) is 6.20. The number of rotatable bonds is 11. The van der Waals surface area contributed by atoms with Crippen molar-refractivity contribution >= 4 is 0 Å². The Morgan fingerprint density at radius 2 is 2.00 bits per heavy atom. The molecule has 1 aromatic heterocycles. The van der Waals surface area contributed by atoms with Gasteiger partial charge in [-0.1, -0.05) is 31.8 Å². The van der Waals surface area contributed by atoms with E-state index in [-0.39, 0.29) is 6.10 Å². The second-order valence-electron chi connectivity index (χ2n) is 5.17. The molecule has 0 saturated carbocycles. The zero-order valence-electron chi connectivity index (χ0n) is 13.1. The van der Waals surface area contributed by atoms with Gasteiger partial charge in [-0.15, -0.1) is 0 Å². The van der Waals surface area contributed by atoms with Crippen molar-refractivity contribution in [1.29, 1.82) is 0 Å². The Balaban J connectivity index is 2.50. The van der Waals surface area contributed by atoms with Gasteiger partial charge < -0.3 is 15.0 Å². The maximum Gasteiger partial charge on any atom is 0.226 e. The fourth-order valence-electron chi connectivity index (χ4n) is 2.48. The Bertz CT molecular complexity index is 349. The molecule has 0 aliphatic heterocycles. The van der Waals surface area contributed by atoms with Crippen LogP contribution in [0.25, 0.3) is 0 Å². The Hall–Kier alpha value is -0.940. The van der Waals surface area contributed by atoms with Gasteiger partial charge in [0.1, 0.15) is 6.10 Å². The Labute approximate surface area is 122 Å². The highest BCUT2D eigenvalue weighted by Crippen LogP contribution is 2.20. The third kappa shape index (κ3) is 5.59. The number of hydrogen-bond donors (Lipinski definition) is 1. The lowest BCUT2D eigenvalue weighted by Gasteiger charge is -2.13. The van der Waals surface area contributed by atoms with E-state index in [4.69, 9.17) is 15.0 Å². The van der Waals surface area contributed by atoms with Gasteiger partial charge in [-0.25, -0.2) is 0 Å². The topological polar surface area (TPSA) is 74.2 Å². The first-order chi connectivity index (χ1) is 9.74. The van der Waals surface area contributed by atoms with Crippen molar-refractivity contribution in [3.8, 4) is 0 Å². The van der Waals surface area contributed by atoms with Crippen molar-refractivity contribution in [2.75, 3.05) is 13.2 Å². The molecular formula is C15H29N3O2. The molecule has 5 heteroatoms. The molecular weight excluding hydrogens is 254 g/mol. The van der Waals surface area contributed by atoms with Crippen LogP contribution in [-0.2, 0) is 11.2 Å². The van der Waals surface area contributed by atoms with Crippen LogP contribution in [0.5, 0.6) is 0 Å². The van der Waals surface area contributed by atoms with Gasteiger partial charge in [-0.2, -0.15) is 4.98 Å². The minimum absolute atomic E-state index is 0.0482. The molecule has 1 rings (SSSR count). The van der Waals surface area contributed by atoms with Gasteiger partial charge in [0.2, 0.25) is 11.7 Å². The molecule has 5 nitrogen and oxygen atoms in total. The first kappa shape index (κ1) is 17.1. The van der Waals surface area contributed by atoms with Gasteiger partial charge >= 0.3 is 0 Å². The first-order valence-corrected chi connectivity index (χ1v) is 7.89. The van der Waals surface area contributed by atoms with Gasteiger partial charge in [-0.05, 0) is 38.6 Å². The summed E-state index contributed by atoms with van der Waals surface area (Å²) in [5.41, 5.74) is 5.66. The highest BCUT2D eigenvalue weighted by molar-refractivity contribution is 4.91. The third-order valence-corrected chi connectivity index (χ3v) is 3.55. The van der Waals surface area contributed by atoms with E-state index in [2.05, 4.69) is 24.0 Å².